The first-order valence-corrected chi connectivity index (χ1v) is 6.97. The Morgan fingerprint density at radius 1 is 1.52 bits per heavy atom. The zero-order valence-corrected chi connectivity index (χ0v) is 12.2. The van der Waals surface area contributed by atoms with Crippen molar-refractivity contribution >= 4 is 11.4 Å². The fourth-order valence-corrected chi connectivity index (χ4v) is 2.48. The van der Waals surface area contributed by atoms with Crippen LogP contribution in [0.4, 0.5) is 11.4 Å². The molecule has 0 bridgehead atoms. The summed E-state index contributed by atoms with van der Waals surface area (Å²) >= 11 is 0. The maximum absolute atomic E-state index is 11.0. The predicted molar refractivity (Wildman–Crippen MR) is 77.9 cm³/mol. The van der Waals surface area contributed by atoms with Gasteiger partial charge in [-0.2, -0.15) is 0 Å². The number of ether oxygens (including phenoxy) is 2. The topological polar surface area (TPSA) is 85.1 Å². The largest absolute Gasteiger partial charge is 0.487 e. The lowest BCUT2D eigenvalue weighted by Gasteiger charge is -2.37. The molecule has 1 aliphatic rings. The van der Waals surface area contributed by atoms with Gasteiger partial charge < -0.3 is 19.5 Å². The number of rotatable bonds is 5. The SMILES string of the molecule is CCOc1cc(N2CC(C)OC(CO)C2)ccc1[N+](=O)[O-]. The fraction of sp³-hybridized carbons (Fsp3) is 0.571. The quantitative estimate of drug-likeness (QED) is 0.656. The number of nitrogens with zero attached hydrogens (tertiary/aromatic N) is 2. The van der Waals surface area contributed by atoms with E-state index in [0.717, 1.165) is 5.69 Å². The van der Waals surface area contributed by atoms with Crippen molar-refractivity contribution in [3.05, 3.63) is 28.3 Å². The van der Waals surface area contributed by atoms with Crippen LogP contribution in [0.1, 0.15) is 13.8 Å². The van der Waals surface area contributed by atoms with Crippen molar-refractivity contribution < 1.29 is 19.5 Å². The van der Waals surface area contributed by atoms with Gasteiger partial charge in [0.2, 0.25) is 0 Å². The molecule has 7 nitrogen and oxygen atoms in total. The van der Waals surface area contributed by atoms with Crippen molar-refractivity contribution in [1.82, 2.24) is 0 Å². The average molecular weight is 296 g/mol. The molecule has 1 aromatic carbocycles. The average Bonchev–Trinajstić information content (AvgIpc) is 2.46. The standard InChI is InChI=1S/C14H20N2O5/c1-3-20-14-6-11(4-5-13(14)16(18)19)15-7-10(2)21-12(8-15)9-17/h4-6,10,12,17H,3,7-9H2,1-2H3. The van der Waals surface area contributed by atoms with E-state index in [9.17, 15) is 15.2 Å². The summed E-state index contributed by atoms with van der Waals surface area (Å²) in [5.41, 5.74) is 0.790. The molecule has 2 unspecified atom stereocenters. The molecular weight excluding hydrogens is 276 g/mol. The van der Waals surface area contributed by atoms with E-state index in [-0.39, 0.29) is 30.3 Å². The molecule has 1 N–H and O–H groups in total. The molecule has 1 heterocycles. The van der Waals surface area contributed by atoms with Gasteiger partial charge in [-0.15, -0.1) is 0 Å². The number of nitro groups is 1. The van der Waals surface area contributed by atoms with Crippen LogP contribution in [0.15, 0.2) is 18.2 Å². The van der Waals surface area contributed by atoms with Gasteiger partial charge in [0.1, 0.15) is 0 Å². The number of benzene rings is 1. The molecule has 0 aromatic heterocycles. The highest BCUT2D eigenvalue weighted by atomic mass is 16.6. The maximum Gasteiger partial charge on any atom is 0.311 e. The van der Waals surface area contributed by atoms with Crippen LogP contribution in [0.5, 0.6) is 5.75 Å². The smallest absolute Gasteiger partial charge is 0.311 e. The highest BCUT2D eigenvalue weighted by molar-refractivity contribution is 5.59. The van der Waals surface area contributed by atoms with Crippen LogP contribution < -0.4 is 9.64 Å². The number of hydrogen-bond donors (Lipinski definition) is 1. The van der Waals surface area contributed by atoms with Gasteiger partial charge in [0.05, 0.1) is 30.3 Å². The number of nitro benzene ring substituents is 1. The lowest BCUT2D eigenvalue weighted by atomic mass is 10.1. The zero-order chi connectivity index (χ0) is 15.4. The molecule has 0 aliphatic carbocycles. The second kappa shape index (κ2) is 6.73. The van der Waals surface area contributed by atoms with Crippen LogP contribution >= 0.6 is 0 Å². The van der Waals surface area contributed by atoms with Crippen molar-refractivity contribution in [1.29, 1.82) is 0 Å². The van der Waals surface area contributed by atoms with E-state index in [1.54, 1.807) is 19.1 Å². The zero-order valence-electron chi connectivity index (χ0n) is 12.2. The monoisotopic (exact) mass is 296 g/mol. The Hall–Kier alpha value is -1.86. The summed E-state index contributed by atoms with van der Waals surface area (Å²) in [6, 6.07) is 4.83. The molecule has 1 saturated heterocycles. The maximum atomic E-state index is 11.0. The van der Waals surface area contributed by atoms with Crippen LogP contribution in [0.2, 0.25) is 0 Å². The molecule has 0 amide bonds. The molecule has 2 atom stereocenters. The Bertz CT molecular complexity index is 508. The molecule has 116 valence electrons. The summed E-state index contributed by atoms with van der Waals surface area (Å²) in [5, 5.41) is 20.3. The molecule has 21 heavy (non-hydrogen) atoms. The number of morpholine rings is 1. The molecule has 7 heteroatoms. The van der Waals surface area contributed by atoms with E-state index in [1.165, 1.54) is 6.07 Å². The van der Waals surface area contributed by atoms with Gasteiger partial charge in [-0.05, 0) is 19.9 Å². The Morgan fingerprint density at radius 2 is 2.29 bits per heavy atom. The minimum atomic E-state index is -0.451. The Morgan fingerprint density at radius 3 is 2.90 bits per heavy atom. The highest BCUT2D eigenvalue weighted by Gasteiger charge is 2.26. The van der Waals surface area contributed by atoms with E-state index in [4.69, 9.17) is 9.47 Å². The molecule has 2 rings (SSSR count). The molecule has 1 fully saturated rings. The number of hydrogen-bond acceptors (Lipinski definition) is 6. The Balaban J connectivity index is 2.26. The second-order valence-corrected chi connectivity index (χ2v) is 5.00. The van der Waals surface area contributed by atoms with Crippen LogP contribution in [0.25, 0.3) is 0 Å². The van der Waals surface area contributed by atoms with Crippen molar-refractivity contribution in [2.75, 3.05) is 31.2 Å². The van der Waals surface area contributed by atoms with Crippen molar-refractivity contribution in [3.8, 4) is 5.75 Å². The molecule has 1 aromatic rings. The van der Waals surface area contributed by atoms with Gasteiger partial charge in [0, 0.05) is 30.9 Å². The first-order chi connectivity index (χ1) is 10.0. The van der Waals surface area contributed by atoms with Gasteiger partial charge in [-0.25, -0.2) is 0 Å². The third-order valence-corrected chi connectivity index (χ3v) is 3.33. The van der Waals surface area contributed by atoms with E-state index in [0.29, 0.717) is 19.7 Å². The first kappa shape index (κ1) is 15.5. The lowest BCUT2D eigenvalue weighted by molar-refractivity contribution is -0.385. The third kappa shape index (κ3) is 3.62. The second-order valence-electron chi connectivity index (χ2n) is 5.00. The first-order valence-electron chi connectivity index (χ1n) is 6.97. The molecule has 0 radical (unpaired) electrons. The summed E-state index contributed by atoms with van der Waals surface area (Å²) in [7, 11) is 0. The van der Waals surface area contributed by atoms with Crippen LogP contribution in [0.3, 0.4) is 0 Å². The Kier molecular flexibility index (Phi) is 4.98. The molecule has 1 aliphatic heterocycles. The van der Waals surface area contributed by atoms with E-state index in [1.807, 2.05) is 11.8 Å². The van der Waals surface area contributed by atoms with E-state index in [2.05, 4.69) is 0 Å². The van der Waals surface area contributed by atoms with Crippen LogP contribution in [-0.2, 0) is 4.74 Å². The summed E-state index contributed by atoms with van der Waals surface area (Å²) in [6.07, 6.45) is -0.263. The molecular formula is C14H20N2O5. The van der Waals surface area contributed by atoms with Gasteiger partial charge in [0.25, 0.3) is 0 Å². The number of aliphatic hydroxyl groups is 1. The van der Waals surface area contributed by atoms with Crippen LogP contribution in [-0.4, -0.2) is 48.5 Å². The minimum absolute atomic E-state index is 0.0124. The summed E-state index contributed by atoms with van der Waals surface area (Å²) in [6.45, 7) is 5.25. The highest BCUT2D eigenvalue weighted by Crippen LogP contribution is 2.32. The number of aliphatic hydroxyl groups excluding tert-OH is 1. The number of anilines is 1. The Labute approximate surface area is 123 Å². The minimum Gasteiger partial charge on any atom is -0.487 e. The van der Waals surface area contributed by atoms with Gasteiger partial charge in [-0.3, -0.25) is 10.1 Å². The van der Waals surface area contributed by atoms with Gasteiger partial charge in [0.15, 0.2) is 5.75 Å². The summed E-state index contributed by atoms with van der Waals surface area (Å²) < 4.78 is 11.0. The van der Waals surface area contributed by atoms with Gasteiger partial charge >= 0.3 is 5.69 Å². The summed E-state index contributed by atoms with van der Waals surface area (Å²) in [4.78, 5) is 12.6. The van der Waals surface area contributed by atoms with Gasteiger partial charge in [-0.1, -0.05) is 0 Å². The predicted octanol–water partition coefficient (Wildman–Crippen LogP) is 1.58. The summed E-state index contributed by atoms with van der Waals surface area (Å²) in [5.74, 6) is 0.264. The fourth-order valence-electron chi connectivity index (χ4n) is 2.48. The van der Waals surface area contributed by atoms with E-state index < -0.39 is 4.92 Å². The van der Waals surface area contributed by atoms with E-state index >= 15 is 0 Å². The molecule has 0 spiro atoms. The van der Waals surface area contributed by atoms with Crippen molar-refractivity contribution in [2.45, 2.75) is 26.1 Å². The third-order valence-electron chi connectivity index (χ3n) is 3.33. The van der Waals surface area contributed by atoms with Crippen molar-refractivity contribution in [3.63, 3.8) is 0 Å². The molecule has 0 saturated carbocycles. The van der Waals surface area contributed by atoms with Crippen molar-refractivity contribution in [2.24, 2.45) is 0 Å². The van der Waals surface area contributed by atoms with Crippen LogP contribution in [0, 0.1) is 10.1 Å². The lowest BCUT2D eigenvalue weighted by Crippen LogP contribution is -2.48. The normalized spacial score (nSPS) is 22.1.